The minimum Gasteiger partial charge on any atom is -0.480 e. The number of aliphatic hydroxyl groups is 1. The van der Waals surface area contributed by atoms with Crippen LogP contribution in [-0.2, 0) is 14.8 Å². The third-order valence-corrected chi connectivity index (χ3v) is 4.63. The van der Waals surface area contributed by atoms with Gasteiger partial charge in [-0.05, 0) is 5.92 Å². The molecule has 6 nitrogen and oxygen atoms in total. The molecule has 2 N–H and O–H groups in total. The highest BCUT2D eigenvalue weighted by Crippen LogP contribution is 2.23. The van der Waals surface area contributed by atoms with Crippen molar-refractivity contribution in [3.8, 4) is 0 Å². The molecule has 0 aliphatic carbocycles. The molecule has 2 atom stereocenters. The number of aliphatic hydroxyl groups excluding tert-OH is 1. The van der Waals surface area contributed by atoms with Crippen molar-refractivity contribution < 1.29 is 23.4 Å². The van der Waals surface area contributed by atoms with Gasteiger partial charge in [0.25, 0.3) is 0 Å². The van der Waals surface area contributed by atoms with E-state index in [9.17, 15) is 18.3 Å². The first-order chi connectivity index (χ1) is 7.24. The number of β-amino-alcohol motifs (C(OH)–C–C–N with tert-alkyl or cyclic N) is 1. The predicted octanol–water partition coefficient (Wildman–Crippen LogP) is -0.508. The van der Waals surface area contributed by atoms with Crippen LogP contribution < -0.4 is 0 Å². The molecule has 1 aliphatic heterocycles. The largest absolute Gasteiger partial charge is 0.480 e. The van der Waals surface area contributed by atoms with E-state index in [1.807, 2.05) is 0 Å². The maximum Gasteiger partial charge on any atom is 0.322 e. The zero-order valence-electron chi connectivity index (χ0n) is 9.33. The lowest BCUT2D eigenvalue weighted by Gasteiger charge is -2.21. The first-order valence-corrected chi connectivity index (χ1v) is 6.75. The molecule has 1 saturated heterocycles. The summed E-state index contributed by atoms with van der Waals surface area (Å²) in [6.45, 7) is 3.38. The summed E-state index contributed by atoms with van der Waals surface area (Å²) in [5.41, 5.74) is 0. The Morgan fingerprint density at radius 2 is 2.06 bits per heavy atom. The van der Waals surface area contributed by atoms with Crippen LogP contribution in [0.15, 0.2) is 0 Å². The molecule has 1 aliphatic rings. The molecule has 1 heterocycles. The minimum absolute atomic E-state index is 0.0351. The number of hydrogen-bond donors (Lipinski definition) is 2. The molecule has 1 rings (SSSR count). The lowest BCUT2D eigenvalue weighted by Crippen LogP contribution is -2.42. The van der Waals surface area contributed by atoms with Crippen molar-refractivity contribution in [3.05, 3.63) is 0 Å². The quantitative estimate of drug-likeness (QED) is 0.702. The third kappa shape index (κ3) is 2.93. The molecular formula is C9H17NO5S. The molecule has 0 aromatic heterocycles. The van der Waals surface area contributed by atoms with E-state index in [1.54, 1.807) is 13.8 Å². The highest BCUT2D eigenvalue weighted by molar-refractivity contribution is 7.89. The molecule has 7 heteroatoms. The fourth-order valence-corrected chi connectivity index (χ4v) is 3.83. The van der Waals surface area contributed by atoms with Crippen LogP contribution in [0.1, 0.15) is 20.3 Å². The summed E-state index contributed by atoms with van der Waals surface area (Å²) in [6.07, 6.45) is -0.921. The lowest BCUT2D eigenvalue weighted by molar-refractivity contribution is -0.140. The number of carboxylic acids is 1. The Balaban J connectivity index is 2.89. The monoisotopic (exact) mass is 251 g/mol. The summed E-state index contributed by atoms with van der Waals surface area (Å²) in [6, 6.07) is -1.13. The van der Waals surface area contributed by atoms with Crippen molar-refractivity contribution in [2.24, 2.45) is 5.92 Å². The molecular weight excluding hydrogens is 234 g/mol. The van der Waals surface area contributed by atoms with Crippen LogP contribution in [-0.4, -0.2) is 53.3 Å². The van der Waals surface area contributed by atoms with Crippen molar-refractivity contribution in [3.63, 3.8) is 0 Å². The van der Waals surface area contributed by atoms with Crippen LogP contribution in [0.5, 0.6) is 0 Å². The van der Waals surface area contributed by atoms with Gasteiger partial charge in [-0.25, -0.2) is 8.42 Å². The van der Waals surface area contributed by atoms with Crippen molar-refractivity contribution in [2.45, 2.75) is 32.4 Å². The Hall–Kier alpha value is -0.660. The molecule has 0 radical (unpaired) electrons. The van der Waals surface area contributed by atoms with Crippen molar-refractivity contribution in [1.82, 2.24) is 4.31 Å². The standard InChI is InChI=1S/C9H17NO5S/c1-6(2)5-16(14,15)10-4-7(11)3-8(10)9(12)13/h6-8,11H,3-5H2,1-2H3,(H,12,13)/t7-,8-/m1/s1. The molecule has 0 saturated carbocycles. The van der Waals surface area contributed by atoms with Gasteiger partial charge in [0.15, 0.2) is 0 Å². The van der Waals surface area contributed by atoms with E-state index < -0.39 is 28.1 Å². The van der Waals surface area contributed by atoms with Gasteiger partial charge in [-0.1, -0.05) is 13.8 Å². The second-order valence-corrected chi connectivity index (χ2v) is 6.45. The average molecular weight is 251 g/mol. The van der Waals surface area contributed by atoms with Crippen LogP contribution in [0.4, 0.5) is 0 Å². The van der Waals surface area contributed by atoms with Crippen LogP contribution in [0.2, 0.25) is 0 Å². The summed E-state index contributed by atoms with van der Waals surface area (Å²) < 4.78 is 24.6. The predicted molar refractivity (Wildman–Crippen MR) is 57.4 cm³/mol. The lowest BCUT2D eigenvalue weighted by atomic mass is 10.2. The van der Waals surface area contributed by atoms with Crippen LogP contribution in [0.25, 0.3) is 0 Å². The second kappa shape index (κ2) is 4.68. The SMILES string of the molecule is CC(C)CS(=O)(=O)N1C[C@H](O)C[C@@H]1C(=O)O. The number of aliphatic carboxylic acids is 1. The Morgan fingerprint density at radius 3 is 2.50 bits per heavy atom. The molecule has 1 fully saturated rings. The molecule has 94 valence electrons. The Bertz CT molecular complexity index is 364. The third-order valence-electron chi connectivity index (χ3n) is 2.42. The first-order valence-electron chi connectivity index (χ1n) is 5.14. The topological polar surface area (TPSA) is 94.9 Å². The van der Waals surface area contributed by atoms with E-state index in [-0.39, 0.29) is 24.6 Å². The highest BCUT2D eigenvalue weighted by Gasteiger charge is 2.42. The minimum atomic E-state index is -3.59. The highest BCUT2D eigenvalue weighted by atomic mass is 32.2. The molecule has 0 unspecified atom stereocenters. The maximum absolute atomic E-state index is 11.9. The smallest absolute Gasteiger partial charge is 0.322 e. The Kier molecular flexibility index (Phi) is 3.92. The van der Waals surface area contributed by atoms with Gasteiger partial charge in [-0.15, -0.1) is 0 Å². The zero-order valence-corrected chi connectivity index (χ0v) is 10.1. The second-order valence-electron chi connectivity index (χ2n) is 4.49. The fraction of sp³-hybridized carbons (Fsp3) is 0.889. The van der Waals surface area contributed by atoms with Crippen molar-refractivity contribution in [2.75, 3.05) is 12.3 Å². The van der Waals surface area contributed by atoms with E-state index in [2.05, 4.69) is 0 Å². The van der Waals surface area contributed by atoms with E-state index in [4.69, 9.17) is 5.11 Å². The number of carbonyl (C=O) groups is 1. The van der Waals surface area contributed by atoms with Crippen molar-refractivity contribution >= 4 is 16.0 Å². The summed E-state index contributed by atoms with van der Waals surface area (Å²) in [5, 5.41) is 18.2. The average Bonchev–Trinajstić information content (AvgIpc) is 2.45. The first kappa shape index (κ1) is 13.4. The van der Waals surface area contributed by atoms with Crippen LogP contribution >= 0.6 is 0 Å². The molecule has 0 amide bonds. The van der Waals surface area contributed by atoms with E-state index in [0.717, 1.165) is 4.31 Å². The molecule has 0 aromatic rings. The summed E-state index contributed by atoms with van der Waals surface area (Å²) >= 11 is 0. The number of rotatable bonds is 4. The Labute approximate surface area is 94.9 Å². The molecule has 0 bridgehead atoms. The van der Waals surface area contributed by atoms with Gasteiger partial charge < -0.3 is 10.2 Å². The van der Waals surface area contributed by atoms with Crippen LogP contribution in [0, 0.1) is 5.92 Å². The molecule has 16 heavy (non-hydrogen) atoms. The van der Waals surface area contributed by atoms with Gasteiger partial charge >= 0.3 is 5.97 Å². The normalized spacial score (nSPS) is 27.5. The van der Waals surface area contributed by atoms with E-state index in [1.165, 1.54) is 0 Å². The zero-order chi connectivity index (χ0) is 12.5. The van der Waals surface area contributed by atoms with E-state index in [0.29, 0.717) is 0 Å². The molecule has 0 spiro atoms. The fourth-order valence-electron chi connectivity index (χ4n) is 1.83. The maximum atomic E-state index is 11.9. The molecule has 0 aromatic carbocycles. The van der Waals surface area contributed by atoms with Gasteiger partial charge in [0.05, 0.1) is 11.9 Å². The van der Waals surface area contributed by atoms with Crippen molar-refractivity contribution in [1.29, 1.82) is 0 Å². The van der Waals surface area contributed by atoms with Gasteiger partial charge in [-0.3, -0.25) is 4.79 Å². The number of nitrogens with zero attached hydrogens (tertiary/aromatic N) is 1. The van der Waals surface area contributed by atoms with Crippen LogP contribution in [0.3, 0.4) is 0 Å². The van der Waals surface area contributed by atoms with Gasteiger partial charge in [0.1, 0.15) is 6.04 Å². The number of sulfonamides is 1. The van der Waals surface area contributed by atoms with Gasteiger partial charge in [-0.2, -0.15) is 4.31 Å². The summed E-state index contributed by atoms with van der Waals surface area (Å²) in [7, 11) is -3.59. The van der Waals surface area contributed by atoms with Gasteiger partial charge in [0, 0.05) is 13.0 Å². The number of carboxylic acid groups (broad SMARTS) is 1. The van der Waals surface area contributed by atoms with E-state index >= 15 is 0 Å². The summed E-state index contributed by atoms with van der Waals surface area (Å²) in [5.74, 6) is -1.37. The Morgan fingerprint density at radius 1 is 1.50 bits per heavy atom. The summed E-state index contributed by atoms with van der Waals surface area (Å²) in [4.78, 5) is 10.9. The van der Waals surface area contributed by atoms with Gasteiger partial charge in [0.2, 0.25) is 10.0 Å². The number of hydrogen-bond acceptors (Lipinski definition) is 4.